The molecule has 0 bridgehead atoms. The highest BCUT2D eigenvalue weighted by Crippen LogP contribution is 2.20. The molecule has 2 aromatic rings. The Hall–Kier alpha value is -2.57. The molecule has 0 saturated carbocycles. The monoisotopic (exact) mass is 422 g/mol. The van der Waals surface area contributed by atoms with E-state index in [2.05, 4.69) is 10.6 Å². The zero-order valence-corrected chi connectivity index (χ0v) is 16.6. The highest BCUT2D eigenvalue weighted by atomic mass is 35.5. The first kappa shape index (κ1) is 21.7. The number of aryl methyl sites for hydroxylation is 1. The summed E-state index contributed by atoms with van der Waals surface area (Å²) < 4.78 is 4.83. The third-order valence-corrected chi connectivity index (χ3v) is 4.29. The Labute approximate surface area is 173 Å². The first-order valence-corrected chi connectivity index (χ1v) is 9.41. The van der Waals surface area contributed by atoms with Crippen molar-refractivity contribution < 1.29 is 19.1 Å². The Morgan fingerprint density at radius 2 is 1.71 bits per heavy atom. The fourth-order valence-corrected chi connectivity index (χ4v) is 2.83. The summed E-state index contributed by atoms with van der Waals surface area (Å²) in [6, 6.07) is 14.3. The van der Waals surface area contributed by atoms with Crippen LogP contribution in [0.3, 0.4) is 0 Å². The lowest BCUT2D eigenvalue weighted by Crippen LogP contribution is -2.34. The van der Waals surface area contributed by atoms with E-state index in [-0.39, 0.29) is 17.1 Å². The van der Waals surface area contributed by atoms with Gasteiger partial charge in [0.15, 0.2) is 6.61 Å². The van der Waals surface area contributed by atoms with Crippen molar-refractivity contribution in [2.75, 3.05) is 19.7 Å². The molecule has 0 heterocycles. The van der Waals surface area contributed by atoms with Gasteiger partial charge in [0.05, 0.1) is 10.6 Å². The fraction of sp³-hybridized carbons (Fsp3) is 0.250. The van der Waals surface area contributed by atoms with Crippen LogP contribution in [-0.4, -0.2) is 37.5 Å². The molecular weight excluding hydrogens is 403 g/mol. The first-order valence-electron chi connectivity index (χ1n) is 8.65. The predicted octanol–water partition coefficient (Wildman–Crippen LogP) is 3.02. The molecule has 0 radical (unpaired) electrons. The summed E-state index contributed by atoms with van der Waals surface area (Å²) >= 11 is 11.7. The number of carbonyl (C=O) groups is 3. The van der Waals surface area contributed by atoms with E-state index in [0.717, 1.165) is 12.8 Å². The lowest BCUT2D eigenvalue weighted by molar-refractivity contribution is -0.147. The summed E-state index contributed by atoms with van der Waals surface area (Å²) in [4.78, 5) is 35.3. The summed E-state index contributed by atoms with van der Waals surface area (Å²) in [6.45, 7) is -0.294. The van der Waals surface area contributed by atoms with E-state index < -0.39 is 24.4 Å². The predicted molar refractivity (Wildman–Crippen MR) is 108 cm³/mol. The minimum Gasteiger partial charge on any atom is -0.454 e. The van der Waals surface area contributed by atoms with Crippen molar-refractivity contribution in [1.82, 2.24) is 10.6 Å². The molecule has 0 aromatic heterocycles. The van der Waals surface area contributed by atoms with Gasteiger partial charge in [-0.3, -0.25) is 14.4 Å². The number of nitrogens with one attached hydrogen (secondary N) is 2. The zero-order chi connectivity index (χ0) is 20.4. The van der Waals surface area contributed by atoms with Crippen molar-refractivity contribution in [3.8, 4) is 0 Å². The van der Waals surface area contributed by atoms with Crippen LogP contribution in [-0.2, 0) is 20.7 Å². The van der Waals surface area contributed by atoms with Crippen LogP contribution in [0.2, 0.25) is 10.0 Å². The summed E-state index contributed by atoms with van der Waals surface area (Å²) in [5, 5.41) is 5.63. The van der Waals surface area contributed by atoms with Gasteiger partial charge in [-0.25, -0.2) is 0 Å². The number of carbonyl (C=O) groups excluding carboxylic acids is 3. The zero-order valence-electron chi connectivity index (χ0n) is 15.0. The normalized spacial score (nSPS) is 10.2. The molecule has 0 unspecified atom stereocenters. The Kier molecular flexibility index (Phi) is 8.78. The standard InChI is InChI=1S/C20H20Cl2N2O4/c21-15-8-9-16(17(22)11-15)20(27)24-12-19(26)28-13-18(25)23-10-4-7-14-5-2-1-3-6-14/h1-3,5-6,8-9,11H,4,7,10,12-13H2,(H,23,25)(H,24,27). The molecule has 8 heteroatoms. The molecule has 2 N–H and O–H groups in total. The summed E-state index contributed by atoms with van der Waals surface area (Å²) in [5.41, 5.74) is 1.38. The average molecular weight is 423 g/mol. The number of halogens is 2. The van der Waals surface area contributed by atoms with Crippen molar-refractivity contribution in [1.29, 1.82) is 0 Å². The molecule has 2 amide bonds. The van der Waals surface area contributed by atoms with Crippen molar-refractivity contribution in [3.05, 3.63) is 69.7 Å². The van der Waals surface area contributed by atoms with Gasteiger partial charge in [-0.2, -0.15) is 0 Å². The molecule has 2 aromatic carbocycles. The number of rotatable bonds is 9. The third-order valence-electron chi connectivity index (χ3n) is 3.74. The van der Waals surface area contributed by atoms with Gasteiger partial charge in [0.1, 0.15) is 6.54 Å². The van der Waals surface area contributed by atoms with Gasteiger partial charge < -0.3 is 15.4 Å². The number of amides is 2. The summed E-state index contributed by atoms with van der Waals surface area (Å²) in [6.07, 6.45) is 1.63. The van der Waals surface area contributed by atoms with Gasteiger partial charge in [-0.05, 0) is 36.6 Å². The molecule has 0 aliphatic rings. The third kappa shape index (κ3) is 7.58. The van der Waals surface area contributed by atoms with Crippen molar-refractivity contribution in [2.24, 2.45) is 0 Å². The van der Waals surface area contributed by atoms with Gasteiger partial charge in [0.25, 0.3) is 11.8 Å². The number of hydrogen-bond acceptors (Lipinski definition) is 4. The average Bonchev–Trinajstić information content (AvgIpc) is 2.68. The maximum atomic E-state index is 12.0. The summed E-state index contributed by atoms with van der Waals surface area (Å²) in [5.74, 6) is -1.66. The fourth-order valence-electron chi connectivity index (χ4n) is 2.33. The molecule has 148 valence electrons. The van der Waals surface area contributed by atoms with Crippen LogP contribution in [0.1, 0.15) is 22.3 Å². The Balaban J connectivity index is 1.61. The van der Waals surface area contributed by atoms with E-state index in [1.807, 2.05) is 30.3 Å². The number of ether oxygens (including phenoxy) is 1. The van der Waals surface area contributed by atoms with Gasteiger partial charge in [-0.15, -0.1) is 0 Å². The lowest BCUT2D eigenvalue weighted by Gasteiger charge is -2.08. The molecule has 0 saturated heterocycles. The molecule has 2 rings (SSSR count). The second-order valence-corrected chi connectivity index (χ2v) is 6.75. The highest BCUT2D eigenvalue weighted by Gasteiger charge is 2.13. The van der Waals surface area contributed by atoms with E-state index >= 15 is 0 Å². The smallest absolute Gasteiger partial charge is 0.325 e. The topological polar surface area (TPSA) is 84.5 Å². The first-order chi connectivity index (χ1) is 13.5. The van der Waals surface area contributed by atoms with Gasteiger partial charge in [0, 0.05) is 11.6 Å². The van der Waals surface area contributed by atoms with Crippen LogP contribution in [0.5, 0.6) is 0 Å². The van der Waals surface area contributed by atoms with E-state index in [0.29, 0.717) is 11.6 Å². The molecule has 0 aliphatic heterocycles. The van der Waals surface area contributed by atoms with Crippen LogP contribution in [0.15, 0.2) is 48.5 Å². The molecule has 28 heavy (non-hydrogen) atoms. The van der Waals surface area contributed by atoms with Crippen molar-refractivity contribution in [3.63, 3.8) is 0 Å². The van der Waals surface area contributed by atoms with Crippen LogP contribution < -0.4 is 10.6 Å². The van der Waals surface area contributed by atoms with E-state index in [1.165, 1.54) is 23.8 Å². The molecule has 0 atom stereocenters. The largest absolute Gasteiger partial charge is 0.454 e. The van der Waals surface area contributed by atoms with Gasteiger partial charge >= 0.3 is 5.97 Å². The quantitative estimate of drug-likeness (QED) is 0.480. The van der Waals surface area contributed by atoms with Crippen LogP contribution in [0.25, 0.3) is 0 Å². The molecule has 0 aliphatic carbocycles. The molecule has 0 spiro atoms. The molecule has 6 nitrogen and oxygen atoms in total. The number of hydrogen-bond donors (Lipinski definition) is 2. The minimum atomic E-state index is -0.724. The second-order valence-electron chi connectivity index (χ2n) is 5.91. The summed E-state index contributed by atoms with van der Waals surface area (Å²) in [7, 11) is 0. The SMILES string of the molecule is O=C(COC(=O)CNC(=O)c1ccc(Cl)cc1Cl)NCCCc1ccccc1. The van der Waals surface area contributed by atoms with E-state index in [4.69, 9.17) is 27.9 Å². The maximum Gasteiger partial charge on any atom is 0.325 e. The Morgan fingerprint density at radius 1 is 0.964 bits per heavy atom. The van der Waals surface area contributed by atoms with E-state index in [9.17, 15) is 14.4 Å². The van der Waals surface area contributed by atoms with Crippen LogP contribution >= 0.6 is 23.2 Å². The lowest BCUT2D eigenvalue weighted by atomic mass is 10.1. The number of benzene rings is 2. The highest BCUT2D eigenvalue weighted by molar-refractivity contribution is 6.36. The minimum absolute atomic E-state index is 0.174. The van der Waals surface area contributed by atoms with Crippen LogP contribution in [0.4, 0.5) is 0 Å². The Morgan fingerprint density at radius 3 is 2.43 bits per heavy atom. The maximum absolute atomic E-state index is 12.0. The molecular formula is C20H20Cl2N2O4. The van der Waals surface area contributed by atoms with E-state index in [1.54, 1.807) is 0 Å². The van der Waals surface area contributed by atoms with Gasteiger partial charge in [0.2, 0.25) is 0 Å². The second kappa shape index (κ2) is 11.3. The van der Waals surface area contributed by atoms with Crippen molar-refractivity contribution >= 4 is 41.0 Å². The van der Waals surface area contributed by atoms with Gasteiger partial charge in [-0.1, -0.05) is 53.5 Å². The van der Waals surface area contributed by atoms with Crippen molar-refractivity contribution in [2.45, 2.75) is 12.8 Å². The Bertz CT molecular complexity index is 828. The molecule has 0 fully saturated rings. The van der Waals surface area contributed by atoms with Crippen LogP contribution in [0, 0.1) is 0 Å². The number of esters is 1.